The maximum Gasteiger partial charge on any atom is 0.164 e. The van der Waals surface area contributed by atoms with E-state index in [9.17, 15) is 0 Å². The monoisotopic (exact) mass is 754 g/mol. The molecule has 294 valence electrons. The van der Waals surface area contributed by atoms with Crippen molar-refractivity contribution in [1.29, 1.82) is 0 Å². The van der Waals surface area contributed by atoms with Crippen LogP contribution in [0.15, 0.2) is 121 Å². The topological polar surface area (TPSA) is 51.6 Å². The zero-order valence-electron chi connectivity index (χ0n) is 35.3. The molecule has 57 heavy (non-hydrogen) atoms. The van der Waals surface area contributed by atoms with E-state index in [0.717, 1.165) is 22.9 Å². The zero-order valence-corrected chi connectivity index (χ0v) is 35.3. The highest BCUT2D eigenvalue weighted by Crippen LogP contribution is 2.55. The van der Waals surface area contributed by atoms with E-state index in [1.807, 2.05) is 6.20 Å². The van der Waals surface area contributed by atoms with E-state index < -0.39 is 0 Å². The van der Waals surface area contributed by atoms with Crippen LogP contribution < -0.4 is 0 Å². The first kappa shape index (κ1) is 40.2. The van der Waals surface area contributed by atoms with Crippen molar-refractivity contribution in [2.24, 2.45) is 0 Å². The van der Waals surface area contributed by atoms with Gasteiger partial charge in [-0.15, -0.1) is 0 Å². The minimum atomic E-state index is -0.191. The number of aryl methyl sites for hydroxylation is 2. The highest BCUT2D eigenvalue weighted by Gasteiger charge is 2.42. The second kappa shape index (κ2) is 17.7. The summed E-state index contributed by atoms with van der Waals surface area (Å²) in [6.07, 6.45) is 16.6. The van der Waals surface area contributed by atoms with Gasteiger partial charge in [0.25, 0.3) is 0 Å². The Hall–Kier alpha value is -4.96. The fourth-order valence-electron chi connectivity index (χ4n) is 8.66. The zero-order chi connectivity index (χ0) is 39.9. The van der Waals surface area contributed by atoms with Gasteiger partial charge in [-0.2, -0.15) is 0 Å². The molecule has 4 heteroatoms. The van der Waals surface area contributed by atoms with Crippen molar-refractivity contribution in [3.63, 3.8) is 0 Å². The maximum atomic E-state index is 5.07. The normalized spacial score (nSPS) is 13.4. The summed E-state index contributed by atoms with van der Waals surface area (Å²) in [4.78, 5) is 19.8. The summed E-state index contributed by atoms with van der Waals surface area (Å²) in [6.45, 7) is 12.9. The molecule has 0 saturated heterocycles. The van der Waals surface area contributed by atoms with Crippen LogP contribution in [0.2, 0.25) is 0 Å². The number of rotatable bonds is 16. The SMILES string of the molecule is CC(C)(C)c1nc(-c2ccc(-c3ccc4c(c3)C(CCCCCCc3ccccc3)(CCCCCCc3ccccc3)c3ccccc3-4)nc2)nc(C(C)(C)C)n1. The quantitative estimate of drug-likeness (QED) is 0.0923. The van der Waals surface area contributed by atoms with Crippen LogP contribution in [0.5, 0.6) is 0 Å². The largest absolute Gasteiger partial charge is 0.255 e. The number of benzene rings is 4. The molecule has 6 aromatic rings. The third kappa shape index (κ3) is 9.61. The highest BCUT2D eigenvalue weighted by atomic mass is 15.1. The minimum Gasteiger partial charge on any atom is -0.255 e. The summed E-state index contributed by atoms with van der Waals surface area (Å²) in [5.41, 5.74) is 11.4. The Kier molecular flexibility index (Phi) is 12.5. The lowest BCUT2D eigenvalue weighted by Gasteiger charge is -2.33. The van der Waals surface area contributed by atoms with Crippen molar-refractivity contribution < 1.29 is 0 Å². The first-order valence-corrected chi connectivity index (χ1v) is 21.6. The average molecular weight is 755 g/mol. The fraction of sp³-hybridized carbons (Fsp3) is 0.396. The molecule has 0 saturated carbocycles. The first-order valence-electron chi connectivity index (χ1n) is 21.6. The number of hydrogen-bond donors (Lipinski definition) is 0. The van der Waals surface area contributed by atoms with Gasteiger partial charge in [0.2, 0.25) is 0 Å². The average Bonchev–Trinajstić information content (AvgIpc) is 3.49. The van der Waals surface area contributed by atoms with Crippen molar-refractivity contribution in [2.75, 3.05) is 0 Å². The number of nitrogens with zero attached hydrogens (tertiary/aromatic N) is 4. The van der Waals surface area contributed by atoms with Gasteiger partial charge in [0.15, 0.2) is 5.82 Å². The third-order valence-electron chi connectivity index (χ3n) is 11.9. The molecule has 2 aromatic heterocycles. The minimum absolute atomic E-state index is 0.00166. The lowest BCUT2D eigenvalue weighted by atomic mass is 9.70. The predicted molar refractivity (Wildman–Crippen MR) is 239 cm³/mol. The van der Waals surface area contributed by atoms with E-state index in [2.05, 4.69) is 157 Å². The Labute approximate surface area is 342 Å². The molecule has 0 N–H and O–H groups in total. The number of fused-ring (bicyclic) bond motifs is 3. The van der Waals surface area contributed by atoms with Gasteiger partial charge >= 0.3 is 0 Å². The number of hydrogen-bond acceptors (Lipinski definition) is 4. The number of pyridine rings is 1. The van der Waals surface area contributed by atoms with Gasteiger partial charge in [-0.25, -0.2) is 15.0 Å². The van der Waals surface area contributed by atoms with E-state index in [4.69, 9.17) is 19.9 Å². The summed E-state index contributed by atoms with van der Waals surface area (Å²) < 4.78 is 0. The highest BCUT2D eigenvalue weighted by molar-refractivity contribution is 5.83. The predicted octanol–water partition coefficient (Wildman–Crippen LogP) is 13.8. The molecule has 4 nitrogen and oxygen atoms in total. The van der Waals surface area contributed by atoms with Crippen LogP contribution in [0, 0.1) is 0 Å². The van der Waals surface area contributed by atoms with Crippen LogP contribution in [0.25, 0.3) is 33.8 Å². The fourth-order valence-corrected chi connectivity index (χ4v) is 8.66. The Morgan fingerprint density at radius 2 is 0.965 bits per heavy atom. The van der Waals surface area contributed by atoms with E-state index in [-0.39, 0.29) is 16.2 Å². The Morgan fingerprint density at radius 1 is 0.456 bits per heavy atom. The molecule has 0 radical (unpaired) electrons. The molecule has 0 fully saturated rings. The molecular weight excluding hydrogens is 693 g/mol. The Morgan fingerprint density at radius 3 is 1.51 bits per heavy atom. The molecule has 0 atom stereocenters. The second-order valence-corrected chi connectivity index (χ2v) is 18.4. The van der Waals surface area contributed by atoms with Crippen LogP contribution in [-0.4, -0.2) is 19.9 Å². The van der Waals surface area contributed by atoms with E-state index in [1.54, 1.807) is 0 Å². The molecule has 0 bridgehead atoms. The molecule has 0 aliphatic heterocycles. The first-order chi connectivity index (χ1) is 27.5. The van der Waals surface area contributed by atoms with Crippen LogP contribution in [-0.2, 0) is 29.1 Å². The molecule has 0 unspecified atom stereocenters. The molecule has 0 spiro atoms. The van der Waals surface area contributed by atoms with Crippen LogP contribution in [0.3, 0.4) is 0 Å². The van der Waals surface area contributed by atoms with Gasteiger partial charge in [0.05, 0.1) is 5.69 Å². The van der Waals surface area contributed by atoms with Crippen molar-refractivity contribution in [3.05, 3.63) is 155 Å². The van der Waals surface area contributed by atoms with Gasteiger partial charge < -0.3 is 0 Å². The van der Waals surface area contributed by atoms with Crippen molar-refractivity contribution in [2.45, 2.75) is 135 Å². The van der Waals surface area contributed by atoms with Crippen molar-refractivity contribution in [3.8, 4) is 33.8 Å². The molecular formula is C53H62N4. The maximum absolute atomic E-state index is 5.07. The standard InChI is InChI=1S/C53H62N4/c1-51(2,3)49-55-48(56-50(57-49)52(4,5)6)42-32-34-47(54-38-42)41-31-33-44-43-29-19-20-30-45(43)53(46(44)37-41,35-21-9-7-13-23-39-25-15-11-16-26-39)36-22-10-8-14-24-40-27-17-12-18-28-40/h11-12,15-20,25-34,37-38H,7-10,13-14,21-24,35-36H2,1-6H3. The molecule has 1 aliphatic carbocycles. The molecule has 4 aromatic carbocycles. The smallest absolute Gasteiger partial charge is 0.164 e. The summed E-state index contributed by atoms with van der Waals surface area (Å²) >= 11 is 0. The van der Waals surface area contributed by atoms with Gasteiger partial charge in [-0.05, 0) is 90.1 Å². The van der Waals surface area contributed by atoms with Gasteiger partial charge in [-0.3, -0.25) is 4.98 Å². The van der Waals surface area contributed by atoms with E-state index >= 15 is 0 Å². The van der Waals surface area contributed by atoms with Gasteiger partial charge in [0, 0.05) is 33.6 Å². The van der Waals surface area contributed by atoms with Gasteiger partial charge in [0.1, 0.15) is 11.6 Å². The summed E-state index contributed by atoms with van der Waals surface area (Å²) in [7, 11) is 0. The molecule has 2 heterocycles. The lowest BCUT2D eigenvalue weighted by Crippen LogP contribution is -2.25. The summed E-state index contributed by atoms with van der Waals surface area (Å²) in [6, 6.07) is 42.6. The van der Waals surface area contributed by atoms with E-state index in [0.29, 0.717) is 5.82 Å². The van der Waals surface area contributed by atoms with Crippen molar-refractivity contribution >= 4 is 0 Å². The third-order valence-corrected chi connectivity index (χ3v) is 11.9. The van der Waals surface area contributed by atoms with Crippen molar-refractivity contribution in [1.82, 2.24) is 19.9 Å². The lowest BCUT2D eigenvalue weighted by molar-refractivity contribution is 0.399. The van der Waals surface area contributed by atoms with Gasteiger partial charge in [-0.1, -0.05) is 177 Å². The van der Waals surface area contributed by atoms with Crippen LogP contribution in [0.4, 0.5) is 0 Å². The molecule has 0 amide bonds. The molecule has 7 rings (SSSR count). The van der Waals surface area contributed by atoms with Crippen LogP contribution >= 0.6 is 0 Å². The second-order valence-electron chi connectivity index (χ2n) is 18.4. The molecule has 1 aliphatic rings. The van der Waals surface area contributed by atoms with E-state index in [1.165, 1.54) is 116 Å². The number of unbranched alkanes of at least 4 members (excludes halogenated alkanes) is 6. The Balaban J connectivity index is 1.15. The van der Waals surface area contributed by atoms with Crippen LogP contribution in [0.1, 0.15) is 140 Å². The Bertz CT molecular complexity index is 2130. The number of aromatic nitrogens is 4. The summed E-state index contributed by atoms with van der Waals surface area (Å²) in [5, 5.41) is 0. The summed E-state index contributed by atoms with van der Waals surface area (Å²) in [5.74, 6) is 2.31.